The van der Waals surface area contributed by atoms with Crippen LogP contribution in [0.15, 0.2) is 30.6 Å². The zero-order chi connectivity index (χ0) is 11.7. The Morgan fingerprint density at radius 2 is 2.25 bits per heavy atom. The predicted octanol–water partition coefficient (Wildman–Crippen LogP) is 2.64. The van der Waals surface area contributed by atoms with Crippen molar-refractivity contribution in [3.8, 4) is 5.69 Å². The third-order valence-corrected chi connectivity index (χ3v) is 2.85. The van der Waals surface area contributed by atoms with Gasteiger partial charge in [0.2, 0.25) is 0 Å². The van der Waals surface area contributed by atoms with Crippen LogP contribution in [0.1, 0.15) is 18.5 Å². The van der Waals surface area contributed by atoms with Gasteiger partial charge in [-0.3, -0.25) is 0 Å². The van der Waals surface area contributed by atoms with Crippen LogP contribution in [-0.2, 0) is 0 Å². The zero-order valence-electron chi connectivity index (χ0n) is 8.69. The maximum absolute atomic E-state index is 13.8. The van der Waals surface area contributed by atoms with Crippen molar-refractivity contribution in [3.63, 3.8) is 0 Å². The van der Waals surface area contributed by atoms with E-state index >= 15 is 0 Å². The van der Waals surface area contributed by atoms with Crippen LogP contribution < -0.4 is 5.73 Å². The van der Waals surface area contributed by atoms with E-state index in [4.69, 9.17) is 5.73 Å². The van der Waals surface area contributed by atoms with Gasteiger partial charge in [-0.15, -0.1) is 0 Å². The van der Waals surface area contributed by atoms with E-state index in [-0.39, 0.29) is 11.9 Å². The van der Waals surface area contributed by atoms with Crippen molar-refractivity contribution in [2.45, 2.75) is 13.0 Å². The molecule has 84 valence electrons. The van der Waals surface area contributed by atoms with E-state index in [2.05, 4.69) is 27.7 Å². The minimum Gasteiger partial charge on any atom is -0.324 e. The third-order valence-electron chi connectivity index (χ3n) is 2.30. The summed E-state index contributed by atoms with van der Waals surface area (Å²) in [5, 5.41) is 4.06. The summed E-state index contributed by atoms with van der Waals surface area (Å²) in [5.74, 6) is -0.311. The molecule has 0 saturated heterocycles. The van der Waals surface area contributed by atoms with E-state index < -0.39 is 0 Å². The molecule has 16 heavy (non-hydrogen) atoms. The van der Waals surface area contributed by atoms with Crippen LogP contribution in [0.3, 0.4) is 0 Å². The maximum atomic E-state index is 13.8. The van der Waals surface area contributed by atoms with Crippen LogP contribution in [0.25, 0.3) is 5.69 Å². The molecule has 0 aliphatic rings. The monoisotopic (exact) mass is 331 g/mol. The van der Waals surface area contributed by atoms with Crippen molar-refractivity contribution < 1.29 is 4.39 Å². The molecule has 1 aromatic carbocycles. The van der Waals surface area contributed by atoms with Crippen LogP contribution in [0, 0.1) is 9.39 Å². The number of rotatable bonds is 2. The second kappa shape index (κ2) is 4.50. The first-order valence-electron chi connectivity index (χ1n) is 4.83. The molecule has 0 unspecified atom stereocenters. The average molecular weight is 331 g/mol. The molecule has 1 aromatic heterocycles. The molecule has 0 saturated carbocycles. The summed E-state index contributed by atoms with van der Waals surface area (Å²) in [6.45, 7) is 1.82. The summed E-state index contributed by atoms with van der Waals surface area (Å²) >= 11 is 2.13. The molecule has 0 amide bonds. The SMILES string of the molecule is C[C@H](N)c1ccc(-n2cc(I)cn2)c(F)c1. The number of nitrogens with two attached hydrogens (primary N) is 1. The van der Waals surface area contributed by atoms with E-state index in [9.17, 15) is 4.39 Å². The number of hydrogen-bond donors (Lipinski definition) is 1. The van der Waals surface area contributed by atoms with E-state index in [1.807, 2.05) is 13.0 Å². The molecule has 2 rings (SSSR count). The van der Waals surface area contributed by atoms with Gasteiger partial charge in [0.15, 0.2) is 0 Å². The second-order valence-electron chi connectivity index (χ2n) is 3.60. The standard InChI is InChI=1S/C11H11FIN3/c1-7(14)8-2-3-11(10(12)4-8)16-6-9(13)5-15-16/h2-7H,14H2,1H3/t7-/m0/s1. The molecule has 2 aromatic rings. The van der Waals surface area contributed by atoms with Crippen LogP contribution in [0.4, 0.5) is 4.39 Å². The number of hydrogen-bond acceptors (Lipinski definition) is 2. The Hall–Kier alpha value is -0.950. The van der Waals surface area contributed by atoms with Crippen LogP contribution in [-0.4, -0.2) is 9.78 Å². The molecule has 0 bridgehead atoms. The van der Waals surface area contributed by atoms with Gasteiger partial charge < -0.3 is 5.73 Å². The van der Waals surface area contributed by atoms with E-state index in [0.29, 0.717) is 5.69 Å². The van der Waals surface area contributed by atoms with Gasteiger partial charge in [0.25, 0.3) is 0 Å². The molecule has 0 aliphatic carbocycles. The van der Waals surface area contributed by atoms with Gasteiger partial charge in [-0.05, 0) is 47.2 Å². The molecule has 0 aliphatic heterocycles. The Morgan fingerprint density at radius 1 is 1.50 bits per heavy atom. The third kappa shape index (κ3) is 2.25. The summed E-state index contributed by atoms with van der Waals surface area (Å²) in [6, 6.07) is 4.80. The van der Waals surface area contributed by atoms with E-state index in [0.717, 1.165) is 9.13 Å². The van der Waals surface area contributed by atoms with Crippen molar-refractivity contribution in [3.05, 3.63) is 45.5 Å². The zero-order valence-corrected chi connectivity index (χ0v) is 10.8. The van der Waals surface area contributed by atoms with Gasteiger partial charge in [0.05, 0.1) is 9.77 Å². The number of halogens is 2. The highest BCUT2D eigenvalue weighted by Gasteiger charge is 2.08. The highest BCUT2D eigenvalue weighted by Crippen LogP contribution is 2.18. The maximum Gasteiger partial charge on any atom is 0.149 e. The Labute approximate surface area is 107 Å². The summed E-state index contributed by atoms with van der Waals surface area (Å²) < 4.78 is 16.3. The number of benzene rings is 1. The van der Waals surface area contributed by atoms with Crippen LogP contribution >= 0.6 is 22.6 Å². The van der Waals surface area contributed by atoms with Crippen molar-refractivity contribution in [2.75, 3.05) is 0 Å². The molecule has 2 N–H and O–H groups in total. The molecule has 1 heterocycles. The lowest BCUT2D eigenvalue weighted by molar-refractivity contribution is 0.606. The van der Waals surface area contributed by atoms with Gasteiger partial charge in [-0.1, -0.05) is 6.07 Å². The Bertz CT molecular complexity index is 508. The Kier molecular flexibility index (Phi) is 3.25. The fourth-order valence-corrected chi connectivity index (χ4v) is 1.81. The topological polar surface area (TPSA) is 43.8 Å². The highest BCUT2D eigenvalue weighted by molar-refractivity contribution is 14.1. The van der Waals surface area contributed by atoms with E-state index in [1.165, 1.54) is 10.7 Å². The first kappa shape index (κ1) is 11.5. The normalized spacial score (nSPS) is 12.8. The van der Waals surface area contributed by atoms with Gasteiger partial charge >= 0.3 is 0 Å². The van der Waals surface area contributed by atoms with Gasteiger partial charge in [0, 0.05) is 12.2 Å². The molecule has 1 atom stereocenters. The fourth-order valence-electron chi connectivity index (χ4n) is 1.42. The Morgan fingerprint density at radius 3 is 2.75 bits per heavy atom. The molecule has 0 fully saturated rings. The van der Waals surface area contributed by atoms with Crippen molar-refractivity contribution in [1.29, 1.82) is 0 Å². The first-order chi connectivity index (χ1) is 7.58. The average Bonchev–Trinajstić information content (AvgIpc) is 2.64. The minimum atomic E-state index is -0.311. The lowest BCUT2D eigenvalue weighted by atomic mass is 10.1. The van der Waals surface area contributed by atoms with Gasteiger partial charge in [-0.2, -0.15) is 5.10 Å². The van der Waals surface area contributed by atoms with Gasteiger partial charge in [-0.25, -0.2) is 9.07 Å². The Balaban J connectivity index is 2.44. The van der Waals surface area contributed by atoms with Crippen LogP contribution in [0.2, 0.25) is 0 Å². The number of aromatic nitrogens is 2. The largest absolute Gasteiger partial charge is 0.324 e. The molecular formula is C11H11FIN3. The molecule has 0 radical (unpaired) electrons. The lowest BCUT2D eigenvalue weighted by Gasteiger charge is -2.08. The first-order valence-corrected chi connectivity index (χ1v) is 5.91. The smallest absolute Gasteiger partial charge is 0.149 e. The summed E-state index contributed by atoms with van der Waals surface area (Å²) in [6.07, 6.45) is 3.45. The van der Waals surface area contributed by atoms with Gasteiger partial charge in [0.1, 0.15) is 11.5 Å². The quantitative estimate of drug-likeness (QED) is 0.860. The van der Waals surface area contributed by atoms with Crippen molar-refractivity contribution in [2.24, 2.45) is 5.73 Å². The molecule has 0 spiro atoms. The van der Waals surface area contributed by atoms with E-state index in [1.54, 1.807) is 18.5 Å². The number of nitrogens with zero attached hydrogens (tertiary/aromatic N) is 2. The summed E-state index contributed by atoms with van der Waals surface area (Å²) in [7, 11) is 0. The summed E-state index contributed by atoms with van der Waals surface area (Å²) in [5.41, 5.74) is 6.90. The molecule has 5 heteroatoms. The lowest BCUT2D eigenvalue weighted by Crippen LogP contribution is -2.06. The van der Waals surface area contributed by atoms with Crippen LogP contribution in [0.5, 0.6) is 0 Å². The predicted molar refractivity (Wildman–Crippen MR) is 68.8 cm³/mol. The highest BCUT2D eigenvalue weighted by atomic mass is 127. The minimum absolute atomic E-state index is 0.165. The van der Waals surface area contributed by atoms with Crippen molar-refractivity contribution in [1.82, 2.24) is 9.78 Å². The molecule has 3 nitrogen and oxygen atoms in total. The second-order valence-corrected chi connectivity index (χ2v) is 4.85. The fraction of sp³-hybridized carbons (Fsp3) is 0.182. The summed E-state index contributed by atoms with van der Waals surface area (Å²) in [4.78, 5) is 0. The van der Waals surface area contributed by atoms with Crippen molar-refractivity contribution >= 4 is 22.6 Å². The molecular weight excluding hydrogens is 320 g/mol.